The van der Waals surface area contributed by atoms with Crippen molar-refractivity contribution in [1.29, 1.82) is 0 Å². The number of benzene rings is 2. The molecule has 3 rings (SSSR count). The Hall–Kier alpha value is -2.81. The van der Waals surface area contributed by atoms with E-state index in [9.17, 15) is 8.78 Å². The van der Waals surface area contributed by atoms with Crippen molar-refractivity contribution in [3.63, 3.8) is 0 Å². The summed E-state index contributed by atoms with van der Waals surface area (Å²) in [6.07, 6.45) is 0. The van der Waals surface area contributed by atoms with Crippen LogP contribution >= 0.6 is 11.8 Å². The van der Waals surface area contributed by atoms with E-state index in [0.717, 1.165) is 11.1 Å². The zero-order valence-electron chi connectivity index (χ0n) is 13.8. The Bertz CT molecular complexity index is 871. The quantitative estimate of drug-likeness (QED) is 0.500. The first-order chi connectivity index (χ1) is 12.6. The van der Waals surface area contributed by atoms with Gasteiger partial charge in [0.25, 0.3) is 0 Å². The van der Waals surface area contributed by atoms with Crippen molar-refractivity contribution in [2.24, 2.45) is 0 Å². The first-order valence-corrected chi connectivity index (χ1v) is 8.57. The molecule has 0 fully saturated rings. The zero-order valence-corrected chi connectivity index (χ0v) is 14.6. The average Bonchev–Trinajstić information content (AvgIpc) is 3.01. The standard InChI is InChI=1S/C17H16F2N4O2S/c1-24-14-5-3-2-4-13(14)15-21-22-17(23(15)20)26-10-11-6-8-12(9-7-11)25-16(18)19/h2-9,16H,10,20H2,1H3. The first-order valence-electron chi connectivity index (χ1n) is 7.59. The number of thioether (sulfide) groups is 1. The fourth-order valence-electron chi connectivity index (χ4n) is 2.30. The second kappa shape index (κ2) is 8.05. The first kappa shape index (κ1) is 18.0. The topological polar surface area (TPSA) is 75.2 Å². The number of hydrogen-bond donors (Lipinski definition) is 1. The molecule has 0 spiro atoms. The van der Waals surface area contributed by atoms with Crippen LogP contribution in [0.3, 0.4) is 0 Å². The van der Waals surface area contributed by atoms with Gasteiger partial charge in [-0.25, -0.2) is 4.68 Å². The molecule has 0 aliphatic rings. The molecule has 0 saturated heterocycles. The number of aromatic nitrogens is 3. The van der Waals surface area contributed by atoms with Crippen molar-refractivity contribution in [2.75, 3.05) is 13.0 Å². The van der Waals surface area contributed by atoms with E-state index in [0.29, 0.717) is 22.5 Å². The number of ether oxygens (including phenoxy) is 2. The monoisotopic (exact) mass is 378 g/mol. The predicted molar refractivity (Wildman–Crippen MR) is 94.8 cm³/mol. The molecule has 1 heterocycles. The SMILES string of the molecule is COc1ccccc1-c1nnc(SCc2ccc(OC(F)F)cc2)n1N. The van der Waals surface area contributed by atoms with Gasteiger partial charge in [0.1, 0.15) is 11.5 Å². The summed E-state index contributed by atoms with van der Waals surface area (Å²) in [7, 11) is 1.58. The second-order valence-electron chi connectivity index (χ2n) is 5.19. The van der Waals surface area contributed by atoms with Crippen LogP contribution in [0.4, 0.5) is 8.78 Å². The number of methoxy groups -OCH3 is 1. The van der Waals surface area contributed by atoms with E-state index in [1.165, 1.54) is 28.6 Å². The minimum Gasteiger partial charge on any atom is -0.496 e. The zero-order chi connectivity index (χ0) is 18.5. The fraction of sp³-hybridized carbons (Fsp3) is 0.176. The smallest absolute Gasteiger partial charge is 0.387 e. The molecule has 0 unspecified atom stereocenters. The molecule has 0 aliphatic heterocycles. The molecule has 2 aromatic carbocycles. The molecular weight excluding hydrogens is 362 g/mol. The minimum atomic E-state index is -2.83. The summed E-state index contributed by atoms with van der Waals surface area (Å²) in [4.78, 5) is 0. The summed E-state index contributed by atoms with van der Waals surface area (Å²) >= 11 is 1.38. The molecule has 0 saturated carbocycles. The van der Waals surface area contributed by atoms with E-state index in [2.05, 4.69) is 14.9 Å². The van der Waals surface area contributed by atoms with Gasteiger partial charge in [-0.3, -0.25) is 0 Å². The van der Waals surface area contributed by atoms with Crippen molar-refractivity contribution in [3.05, 3.63) is 54.1 Å². The Morgan fingerprint density at radius 1 is 1.12 bits per heavy atom. The van der Waals surface area contributed by atoms with Crippen molar-refractivity contribution in [3.8, 4) is 22.9 Å². The third-order valence-corrected chi connectivity index (χ3v) is 4.54. The van der Waals surface area contributed by atoms with E-state index in [1.54, 1.807) is 19.2 Å². The molecule has 1 aromatic heterocycles. The highest BCUT2D eigenvalue weighted by atomic mass is 32.2. The van der Waals surface area contributed by atoms with Crippen LogP contribution in [-0.2, 0) is 5.75 Å². The number of rotatable bonds is 7. The summed E-state index contributed by atoms with van der Waals surface area (Å²) in [6, 6.07) is 13.8. The maximum absolute atomic E-state index is 12.2. The van der Waals surface area contributed by atoms with Gasteiger partial charge in [0.05, 0.1) is 12.7 Å². The molecule has 136 valence electrons. The Balaban J connectivity index is 1.71. The van der Waals surface area contributed by atoms with E-state index in [-0.39, 0.29) is 5.75 Å². The van der Waals surface area contributed by atoms with E-state index >= 15 is 0 Å². The number of hydrogen-bond acceptors (Lipinski definition) is 6. The van der Waals surface area contributed by atoms with Gasteiger partial charge in [-0.2, -0.15) is 8.78 Å². The van der Waals surface area contributed by atoms with Crippen LogP contribution in [0.15, 0.2) is 53.7 Å². The number of para-hydroxylation sites is 1. The summed E-state index contributed by atoms with van der Waals surface area (Å²) in [5, 5.41) is 8.78. The molecule has 0 aliphatic carbocycles. The van der Waals surface area contributed by atoms with E-state index < -0.39 is 6.61 Å². The lowest BCUT2D eigenvalue weighted by Crippen LogP contribution is -2.12. The normalized spacial score (nSPS) is 10.9. The summed E-state index contributed by atoms with van der Waals surface area (Å²) in [5.41, 5.74) is 1.66. The van der Waals surface area contributed by atoms with Gasteiger partial charge >= 0.3 is 6.61 Å². The summed E-state index contributed by atoms with van der Waals surface area (Å²) < 4.78 is 35.4. The number of nitrogen functional groups attached to an aromatic ring is 1. The molecule has 6 nitrogen and oxygen atoms in total. The van der Waals surface area contributed by atoms with Crippen LogP contribution in [0, 0.1) is 0 Å². The van der Waals surface area contributed by atoms with Crippen LogP contribution in [-0.4, -0.2) is 28.6 Å². The van der Waals surface area contributed by atoms with Crippen LogP contribution in [0.2, 0.25) is 0 Å². The van der Waals surface area contributed by atoms with Crippen molar-refractivity contribution < 1.29 is 18.3 Å². The lowest BCUT2D eigenvalue weighted by Gasteiger charge is -2.08. The minimum absolute atomic E-state index is 0.120. The van der Waals surface area contributed by atoms with Gasteiger partial charge in [-0.15, -0.1) is 10.2 Å². The highest BCUT2D eigenvalue weighted by Crippen LogP contribution is 2.30. The highest BCUT2D eigenvalue weighted by molar-refractivity contribution is 7.98. The Kier molecular flexibility index (Phi) is 5.57. The van der Waals surface area contributed by atoms with Crippen LogP contribution in [0.25, 0.3) is 11.4 Å². The average molecular weight is 378 g/mol. The number of nitrogens with zero attached hydrogens (tertiary/aromatic N) is 3. The van der Waals surface area contributed by atoms with Gasteiger partial charge < -0.3 is 15.3 Å². The highest BCUT2D eigenvalue weighted by Gasteiger charge is 2.15. The van der Waals surface area contributed by atoms with Crippen molar-refractivity contribution in [1.82, 2.24) is 14.9 Å². The van der Waals surface area contributed by atoms with E-state index in [4.69, 9.17) is 10.6 Å². The molecule has 0 amide bonds. The summed E-state index contributed by atoms with van der Waals surface area (Å²) in [5.74, 6) is 7.93. The van der Waals surface area contributed by atoms with Crippen LogP contribution < -0.4 is 15.3 Å². The Morgan fingerprint density at radius 3 is 2.54 bits per heavy atom. The molecular formula is C17H16F2N4O2S. The maximum Gasteiger partial charge on any atom is 0.387 e. The van der Waals surface area contributed by atoms with Gasteiger partial charge in [0.15, 0.2) is 5.82 Å². The molecule has 0 atom stereocenters. The maximum atomic E-state index is 12.2. The lowest BCUT2D eigenvalue weighted by atomic mass is 10.2. The number of halogens is 2. The molecule has 0 bridgehead atoms. The van der Waals surface area contributed by atoms with Crippen molar-refractivity contribution in [2.45, 2.75) is 17.5 Å². The fourth-order valence-corrected chi connectivity index (χ4v) is 3.12. The van der Waals surface area contributed by atoms with Crippen molar-refractivity contribution >= 4 is 11.8 Å². The number of nitrogens with two attached hydrogens (primary N) is 1. The number of alkyl halides is 2. The second-order valence-corrected chi connectivity index (χ2v) is 6.13. The predicted octanol–water partition coefficient (Wildman–Crippen LogP) is 3.56. The largest absolute Gasteiger partial charge is 0.496 e. The van der Waals surface area contributed by atoms with Crippen LogP contribution in [0.5, 0.6) is 11.5 Å². The van der Waals surface area contributed by atoms with E-state index in [1.807, 2.05) is 24.3 Å². The molecule has 0 radical (unpaired) electrons. The molecule has 26 heavy (non-hydrogen) atoms. The molecule has 3 aromatic rings. The van der Waals surface area contributed by atoms with Gasteiger partial charge in [-0.05, 0) is 29.8 Å². The van der Waals surface area contributed by atoms with Gasteiger partial charge in [-0.1, -0.05) is 36.0 Å². The molecule has 2 N–H and O–H groups in total. The Labute approximate surface area is 152 Å². The molecule has 9 heteroatoms. The van der Waals surface area contributed by atoms with Gasteiger partial charge in [0.2, 0.25) is 5.16 Å². The lowest BCUT2D eigenvalue weighted by molar-refractivity contribution is -0.0498. The summed E-state index contributed by atoms with van der Waals surface area (Å²) in [6.45, 7) is -2.83. The third-order valence-electron chi connectivity index (χ3n) is 3.53. The van der Waals surface area contributed by atoms with Gasteiger partial charge in [0, 0.05) is 5.75 Å². The Morgan fingerprint density at radius 2 is 1.85 bits per heavy atom. The van der Waals surface area contributed by atoms with Crippen LogP contribution in [0.1, 0.15) is 5.56 Å². The third kappa shape index (κ3) is 4.05.